The van der Waals surface area contributed by atoms with Crippen molar-refractivity contribution < 1.29 is 14.3 Å². The molecule has 0 radical (unpaired) electrons. The van der Waals surface area contributed by atoms with Crippen molar-refractivity contribution >= 4 is 11.8 Å². The van der Waals surface area contributed by atoms with Gasteiger partial charge < -0.3 is 4.74 Å². The fraction of sp³-hybridized carbons (Fsp3) is 0.600. The van der Waals surface area contributed by atoms with Gasteiger partial charge in [0.05, 0.1) is 0 Å². The predicted octanol–water partition coefficient (Wildman–Crippen LogP) is 3.69. The Morgan fingerprint density at radius 3 is 2.83 bits per heavy atom. The van der Waals surface area contributed by atoms with Crippen LogP contribution in [-0.4, -0.2) is 11.8 Å². The number of ketones is 1. The van der Waals surface area contributed by atoms with Crippen LogP contribution in [0.25, 0.3) is 0 Å². The summed E-state index contributed by atoms with van der Waals surface area (Å²) in [5, 5.41) is 0. The zero-order chi connectivity index (χ0) is 13.4. The van der Waals surface area contributed by atoms with Gasteiger partial charge in [-0.25, -0.2) is 0 Å². The number of esters is 1. The lowest BCUT2D eigenvalue weighted by Crippen LogP contribution is -2.05. The van der Waals surface area contributed by atoms with Crippen LogP contribution in [0.1, 0.15) is 58.3 Å². The van der Waals surface area contributed by atoms with E-state index in [0.717, 1.165) is 31.3 Å². The molecule has 0 bridgehead atoms. The molecule has 0 unspecified atom stereocenters. The Morgan fingerprint density at radius 2 is 2.17 bits per heavy atom. The second-order valence-electron chi connectivity index (χ2n) is 4.58. The predicted molar refractivity (Wildman–Crippen MR) is 70.9 cm³/mol. The van der Waals surface area contributed by atoms with Crippen LogP contribution in [0.3, 0.4) is 0 Å². The monoisotopic (exact) mass is 250 g/mol. The third kappa shape index (κ3) is 4.47. The van der Waals surface area contributed by atoms with Crippen molar-refractivity contribution in [2.45, 2.75) is 58.3 Å². The van der Waals surface area contributed by atoms with Crippen LogP contribution in [0.15, 0.2) is 24.0 Å². The summed E-state index contributed by atoms with van der Waals surface area (Å²) in [4.78, 5) is 23.2. The maximum atomic E-state index is 11.7. The lowest BCUT2D eigenvalue weighted by atomic mass is 10.1. The number of unbranched alkanes of at least 4 members (excludes halogenated alkanes) is 2. The van der Waals surface area contributed by atoms with Crippen LogP contribution in [0.4, 0.5) is 0 Å². The summed E-state index contributed by atoms with van der Waals surface area (Å²) in [5.74, 6) is 0.510. The van der Waals surface area contributed by atoms with Gasteiger partial charge in [0.1, 0.15) is 5.76 Å². The highest BCUT2D eigenvalue weighted by molar-refractivity contribution is 5.98. The SMILES string of the molecule is C=CCCC(=O)OC1=C(CCCCC)C(=O)CC1. The van der Waals surface area contributed by atoms with Crippen LogP contribution in [0.5, 0.6) is 0 Å². The highest BCUT2D eigenvalue weighted by atomic mass is 16.5. The number of allylic oxidation sites excluding steroid dienone is 3. The van der Waals surface area contributed by atoms with Crippen LogP contribution < -0.4 is 0 Å². The molecule has 0 fully saturated rings. The van der Waals surface area contributed by atoms with E-state index in [1.54, 1.807) is 6.08 Å². The number of hydrogen-bond acceptors (Lipinski definition) is 3. The summed E-state index contributed by atoms with van der Waals surface area (Å²) in [6.45, 7) is 5.69. The molecule has 1 aliphatic rings. The van der Waals surface area contributed by atoms with E-state index in [1.165, 1.54) is 0 Å². The van der Waals surface area contributed by atoms with E-state index in [0.29, 0.717) is 31.4 Å². The van der Waals surface area contributed by atoms with Crippen molar-refractivity contribution in [1.82, 2.24) is 0 Å². The minimum atomic E-state index is -0.257. The molecular formula is C15H22O3. The minimum Gasteiger partial charge on any atom is -0.431 e. The molecule has 0 aromatic carbocycles. The summed E-state index contributed by atoms with van der Waals surface area (Å²) in [7, 11) is 0. The Hall–Kier alpha value is -1.38. The van der Waals surface area contributed by atoms with Crippen molar-refractivity contribution in [2.24, 2.45) is 0 Å². The maximum Gasteiger partial charge on any atom is 0.311 e. The van der Waals surface area contributed by atoms with Crippen molar-refractivity contribution in [2.75, 3.05) is 0 Å². The minimum absolute atomic E-state index is 0.151. The summed E-state index contributed by atoms with van der Waals surface area (Å²) >= 11 is 0. The first kappa shape index (κ1) is 14.7. The topological polar surface area (TPSA) is 43.4 Å². The standard InChI is InChI=1S/C15H22O3/c1-3-5-7-8-12-13(16)10-11-14(12)18-15(17)9-6-4-2/h4H,2-3,5-11H2,1H3. The second-order valence-corrected chi connectivity index (χ2v) is 4.58. The van der Waals surface area contributed by atoms with Crippen LogP contribution in [0, 0.1) is 0 Å². The first-order chi connectivity index (χ1) is 8.69. The molecule has 0 N–H and O–H groups in total. The summed E-state index contributed by atoms with van der Waals surface area (Å²) in [5.41, 5.74) is 0.746. The Kier molecular flexibility index (Phi) is 6.40. The molecular weight excluding hydrogens is 228 g/mol. The van der Waals surface area contributed by atoms with Gasteiger partial charge in [0.2, 0.25) is 0 Å². The van der Waals surface area contributed by atoms with Crippen LogP contribution in [0.2, 0.25) is 0 Å². The molecule has 100 valence electrons. The molecule has 0 atom stereocenters. The quantitative estimate of drug-likeness (QED) is 0.375. The van der Waals surface area contributed by atoms with E-state index in [-0.39, 0.29) is 11.8 Å². The molecule has 0 aliphatic heterocycles. The highest BCUT2D eigenvalue weighted by Gasteiger charge is 2.25. The zero-order valence-corrected chi connectivity index (χ0v) is 11.2. The molecule has 0 amide bonds. The molecule has 0 saturated carbocycles. The van der Waals surface area contributed by atoms with Gasteiger partial charge >= 0.3 is 5.97 Å². The molecule has 0 saturated heterocycles. The third-order valence-corrected chi connectivity index (χ3v) is 3.07. The Morgan fingerprint density at radius 1 is 1.39 bits per heavy atom. The molecule has 3 nitrogen and oxygen atoms in total. The van der Waals surface area contributed by atoms with Gasteiger partial charge in [-0.05, 0) is 19.3 Å². The molecule has 1 rings (SSSR count). The van der Waals surface area contributed by atoms with E-state index in [2.05, 4.69) is 13.5 Å². The third-order valence-electron chi connectivity index (χ3n) is 3.07. The number of Topliss-reactive ketones (excluding diaryl/α,β-unsaturated/α-hetero) is 1. The van der Waals surface area contributed by atoms with Crippen molar-refractivity contribution in [3.8, 4) is 0 Å². The molecule has 0 spiro atoms. The smallest absolute Gasteiger partial charge is 0.311 e. The zero-order valence-electron chi connectivity index (χ0n) is 11.2. The van der Waals surface area contributed by atoms with Crippen molar-refractivity contribution in [1.29, 1.82) is 0 Å². The highest BCUT2D eigenvalue weighted by Crippen LogP contribution is 2.28. The molecule has 18 heavy (non-hydrogen) atoms. The first-order valence-corrected chi connectivity index (χ1v) is 6.75. The van der Waals surface area contributed by atoms with E-state index in [4.69, 9.17) is 4.74 Å². The molecule has 1 aliphatic carbocycles. The normalized spacial score (nSPS) is 15.1. The van der Waals surface area contributed by atoms with Gasteiger partial charge in [-0.3, -0.25) is 9.59 Å². The van der Waals surface area contributed by atoms with E-state index in [1.807, 2.05) is 0 Å². The van der Waals surface area contributed by atoms with E-state index in [9.17, 15) is 9.59 Å². The second kappa shape index (κ2) is 7.85. The number of hydrogen-bond donors (Lipinski definition) is 0. The molecule has 3 heteroatoms. The lowest BCUT2D eigenvalue weighted by Gasteiger charge is -2.07. The average Bonchev–Trinajstić information content (AvgIpc) is 2.69. The van der Waals surface area contributed by atoms with Gasteiger partial charge in [0, 0.05) is 24.8 Å². The fourth-order valence-electron chi connectivity index (χ4n) is 2.04. The molecule has 0 aromatic heterocycles. The van der Waals surface area contributed by atoms with Gasteiger partial charge in [-0.1, -0.05) is 25.8 Å². The summed E-state index contributed by atoms with van der Waals surface area (Å²) < 4.78 is 5.30. The van der Waals surface area contributed by atoms with E-state index >= 15 is 0 Å². The Balaban J connectivity index is 2.55. The largest absolute Gasteiger partial charge is 0.431 e. The van der Waals surface area contributed by atoms with Crippen LogP contribution in [-0.2, 0) is 14.3 Å². The van der Waals surface area contributed by atoms with Crippen LogP contribution >= 0.6 is 0 Å². The lowest BCUT2D eigenvalue weighted by molar-refractivity contribution is -0.139. The summed E-state index contributed by atoms with van der Waals surface area (Å²) in [6.07, 6.45) is 7.68. The maximum absolute atomic E-state index is 11.7. The number of ether oxygens (including phenoxy) is 1. The average molecular weight is 250 g/mol. The van der Waals surface area contributed by atoms with Crippen molar-refractivity contribution in [3.05, 3.63) is 24.0 Å². The molecule has 0 heterocycles. The fourth-order valence-corrected chi connectivity index (χ4v) is 2.04. The van der Waals surface area contributed by atoms with Gasteiger partial charge in [0.15, 0.2) is 5.78 Å². The number of rotatable bonds is 8. The number of carbonyl (C=O) groups is 2. The van der Waals surface area contributed by atoms with Gasteiger partial charge in [0.25, 0.3) is 0 Å². The van der Waals surface area contributed by atoms with Gasteiger partial charge in [-0.15, -0.1) is 6.58 Å². The Bertz CT molecular complexity index is 353. The Labute approximate surface area is 109 Å². The summed E-state index contributed by atoms with van der Waals surface area (Å²) in [6, 6.07) is 0. The van der Waals surface area contributed by atoms with Gasteiger partial charge in [-0.2, -0.15) is 0 Å². The first-order valence-electron chi connectivity index (χ1n) is 6.75. The molecule has 0 aromatic rings. The number of carbonyl (C=O) groups excluding carboxylic acids is 2. The van der Waals surface area contributed by atoms with Crippen molar-refractivity contribution in [3.63, 3.8) is 0 Å². The van der Waals surface area contributed by atoms with E-state index < -0.39 is 0 Å².